The van der Waals surface area contributed by atoms with Crippen molar-refractivity contribution >= 4 is 5.91 Å². The summed E-state index contributed by atoms with van der Waals surface area (Å²) in [7, 11) is 0. The van der Waals surface area contributed by atoms with Gasteiger partial charge >= 0.3 is 0 Å². The summed E-state index contributed by atoms with van der Waals surface area (Å²) in [6.45, 7) is 6.51. The number of nitrogens with one attached hydrogen (secondary N) is 1. The summed E-state index contributed by atoms with van der Waals surface area (Å²) in [5.41, 5.74) is 0. The van der Waals surface area contributed by atoms with E-state index in [4.69, 9.17) is 5.90 Å². The van der Waals surface area contributed by atoms with E-state index in [0.717, 1.165) is 6.42 Å². The molecule has 0 aromatic carbocycles. The van der Waals surface area contributed by atoms with Crippen LogP contribution in [0.4, 0.5) is 0 Å². The van der Waals surface area contributed by atoms with Gasteiger partial charge in [0.05, 0.1) is 0 Å². The van der Waals surface area contributed by atoms with Crippen LogP contribution >= 0.6 is 0 Å². The molecule has 0 rings (SSSR count). The minimum Gasteiger partial charge on any atom is -0.354 e. The highest BCUT2D eigenvalue weighted by molar-refractivity contribution is 5.80. The zero-order valence-electron chi connectivity index (χ0n) is 7.96. The monoisotopic (exact) mass is 174 g/mol. The van der Waals surface area contributed by atoms with Crippen LogP contribution in [0.15, 0.2) is 0 Å². The Balaban J connectivity index is 3.44. The molecule has 72 valence electrons. The van der Waals surface area contributed by atoms with Crippen LogP contribution < -0.4 is 11.2 Å². The first kappa shape index (κ1) is 11.4. The normalized spacial score (nSPS) is 13.1. The molecule has 1 unspecified atom stereocenters. The van der Waals surface area contributed by atoms with Crippen molar-refractivity contribution in [1.29, 1.82) is 0 Å². The quantitative estimate of drug-likeness (QED) is 0.594. The lowest BCUT2D eigenvalue weighted by Crippen LogP contribution is -2.36. The van der Waals surface area contributed by atoms with Crippen LogP contribution in [0, 0.1) is 5.92 Å². The molecule has 0 saturated carbocycles. The average Bonchev–Trinajstić information content (AvgIpc) is 2.02. The van der Waals surface area contributed by atoms with Crippen molar-refractivity contribution in [1.82, 2.24) is 5.32 Å². The van der Waals surface area contributed by atoms with Crippen molar-refractivity contribution in [2.24, 2.45) is 11.8 Å². The summed E-state index contributed by atoms with van der Waals surface area (Å²) in [6.07, 6.45) is 0.417. The van der Waals surface area contributed by atoms with Gasteiger partial charge in [-0.15, -0.1) is 0 Å². The van der Waals surface area contributed by atoms with Crippen molar-refractivity contribution in [3.8, 4) is 0 Å². The predicted octanol–water partition coefficient (Wildman–Crippen LogP) is 0.428. The number of carbonyl (C=O) groups is 1. The van der Waals surface area contributed by atoms with E-state index in [9.17, 15) is 4.79 Å². The minimum absolute atomic E-state index is 0.154. The summed E-state index contributed by atoms with van der Waals surface area (Å²) < 4.78 is 0. The maximum atomic E-state index is 11.0. The number of carbonyl (C=O) groups excluding carboxylic acids is 1. The number of hydrogen-bond acceptors (Lipinski definition) is 3. The number of amides is 1. The summed E-state index contributed by atoms with van der Waals surface area (Å²) in [5, 5.41) is 2.72. The Morgan fingerprint density at radius 1 is 1.50 bits per heavy atom. The van der Waals surface area contributed by atoms with Crippen LogP contribution in [0.1, 0.15) is 27.2 Å². The molecule has 0 saturated heterocycles. The van der Waals surface area contributed by atoms with E-state index in [2.05, 4.69) is 24.0 Å². The SMILES string of the molecule is CC(C)CCNC(=O)C(C)ON. The molecule has 0 aromatic rings. The van der Waals surface area contributed by atoms with Gasteiger partial charge in [-0.1, -0.05) is 13.8 Å². The largest absolute Gasteiger partial charge is 0.354 e. The summed E-state index contributed by atoms with van der Waals surface area (Å²) in [5.74, 6) is 5.29. The van der Waals surface area contributed by atoms with Gasteiger partial charge < -0.3 is 5.32 Å². The molecule has 0 heterocycles. The van der Waals surface area contributed by atoms with Gasteiger partial charge in [0.1, 0.15) is 0 Å². The molecule has 0 fully saturated rings. The Morgan fingerprint density at radius 2 is 2.08 bits per heavy atom. The molecule has 12 heavy (non-hydrogen) atoms. The molecule has 1 atom stereocenters. The van der Waals surface area contributed by atoms with Crippen molar-refractivity contribution in [3.05, 3.63) is 0 Å². The minimum atomic E-state index is -0.558. The van der Waals surface area contributed by atoms with Crippen molar-refractivity contribution in [2.45, 2.75) is 33.3 Å². The molecular formula is C8H18N2O2. The molecule has 0 aliphatic heterocycles. The van der Waals surface area contributed by atoms with Crippen LogP contribution in [-0.4, -0.2) is 18.6 Å². The topological polar surface area (TPSA) is 64.3 Å². The summed E-state index contributed by atoms with van der Waals surface area (Å²) in [4.78, 5) is 15.4. The van der Waals surface area contributed by atoms with E-state index in [-0.39, 0.29) is 5.91 Å². The maximum absolute atomic E-state index is 11.0. The zero-order chi connectivity index (χ0) is 9.56. The molecule has 3 N–H and O–H groups in total. The van der Waals surface area contributed by atoms with Crippen LogP contribution in [0.2, 0.25) is 0 Å². The van der Waals surface area contributed by atoms with Gasteiger partial charge in [-0.05, 0) is 19.3 Å². The van der Waals surface area contributed by atoms with Crippen LogP contribution in [0.5, 0.6) is 0 Å². The Kier molecular flexibility index (Phi) is 5.66. The van der Waals surface area contributed by atoms with Crippen molar-refractivity contribution < 1.29 is 9.63 Å². The predicted molar refractivity (Wildman–Crippen MR) is 47.2 cm³/mol. The Labute approximate surface area is 73.4 Å². The van der Waals surface area contributed by atoms with Gasteiger partial charge in [0.25, 0.3) is 5.91 Å². The van der Waals surface area contributed by atoms with Gasteiger partial charge in [-0.25, -0.2) is 5.90 Å². The molecule has 0 bridgehead atoms. The van der Waals surface area contributed by atoms with Crippen LogP contribution in [0.3, 0.4) is 0 Å². The zero-order valence-corrected chi connectivity index (χ0v) is 7.96. The highest BCUT2D eigenvalue weighted by atomic mass is 16.6. The number of rotatable bonds is 5. The molecule has 4 nitrogen and oxygen atoms in total. The summed E-state index contributed by atoms with van der Waals surface area (Å²) >= 11 is 0. The van der Waals surface area contributed by atoms with Crippen molar-refractivity contribution in [2.75, 3.05) is 6.54 Å². The Bertz CT molecular complexity index is 137. The van der Waals surface area contributed by atoms with Gasteiger partial charge in [0, 0.05) is 6.54 Å². The number of nitrogens with two attached hydrogens (primary N) is 1. The third-order valence-corrected chi connectivity index (χ3v) is 1.59. The first-order valence-electron chi connectivity index (χ1n) is 4.21. The second-order valence-electron chi connectivity index (χ2n) is 3.25. The highest BCUT2D eigenvalue weighted by Gasteiger charge is 2.10. The second-order valence-corrected chi connectivity index (χ2v) is 3.25. The lowest BCUT2D eigenvalue weighted by atomic mass is 10.1. The van der Waals surface area contributed by atoms with E-state index < -0.39 is 6.10 Å². The van der Waals surface area contributed by atoms with E-state index in [1.807, 2.05) is 0 Å². The second kappa shape index (κ2) is 5.97. The van der Waals surface area contributed by atoms with E-state index in [1.165, 1.54) is 0 Å². The first-order valence-corrected chi connectivity index (χ1v) is 4.21. The molecule has 1 amide bonds. The van der Waals surface area contributed by atoms with E-state index in [0.29, 0.717) is 12.5 Å². The fourth-order valence-corrected chi connectivity index (χ4v) is 0.690. The lowest BCUT2D eigenvalue weighted by Gasteiger charge is -2.10. The molecule has 0 radical (unpaired) electrons. The lowest BCUT2D eigenvalue weighted by molar-refractivity contribution is -0.131. The molecule has 0 aliphatic carbocycles. The highest BCUT2D eigenvalue weighted by Crippen LogP contribution is 1.96. The first-order chi connectivity index (χ1) is 5.57. The fourth-order valence-electron chi connectivity index (χ4n) is 0.690. The number of hydrogen-bond donors (Lipinski definition) is 2. The molecule has 0 spiro atoms. The molecule has 4 heteroatoms. The van der Waals surface area contributed by atoms with Gasteiger partial charge in [-0.2, -0.15) is 0 Å². The third-order valence-electron chi connectivity index (χ3n) is 1.59. The summed E-state index contributed by atoms with van der Waals surface area (Å²) in [6, 6.07) is 0. The third kappa shape index (κ3) is 5.09. The van der Waals surface area contributed by atoms with E-state index >= 15 is 0 Å². The molecule has 0 aliphatic rings. The maximum Gasteiger partial charge on any atom is 0.250 e. The van der Waals surface area contributed by atoms with Crippen LogP contribution in [0.25, 0.3) is 0 Å². The van der Waals surface area contributed by atoms with Gasteiger partial charge in [-0.3, -0.25) is 9.63 Å². The molecular weight excluding hydrogens is 156 g/mol. The smallest absolute Gasteiger partial charge is 0.250 e. The Hall–Kier alpha value is -0.610. The molecule has 0 aromatic heterocycles. The van der Waals surface area contributed by atoms with Crippen LogP contribution in [-0.2, 0) is 9.63 Å². The van der Waals surface area contributed by atoms with Gasteiger partial charge in [0.15, 0.2) is 6.10 Å². The van der Waals surface area contributed by atoms with E-state index in [1.54, 1.807) is 6.92 Å². The fraction of sp³-hybridized carbons (Fsp3) is 0.875. The van der Waals surface area contributed by atoms with Crippen molar-refractivity contribution in [3.63, 3.8) is 0 Å². The Morgan fingerprint density at radius 3 is 2.50 bits per heavy atom. The van der Waals surface area contributed by atoms with Gasteiger partial charge in [0.2, 0.25) is 0 Å². The average molecular weight is 174 g/mol. The standard InChI is InChI=1S/C8H18N2O2/c1-6(2)4-5-10-8(11)7(3)12-9/h6-7H,4-5,9H2,1-3H3,(H,10,11).